The van der Waals surface area contributed by atoms with E-state index in [-0.39, 0.29) is 5.41 Å². The second kappa shape index (κ2) is 17.4. The topological polar surface area (TPSA) is 34.5 Å². The summed E-state index contributed by atoms with van der Waals surface area (Å²) >= 11 is 0. The van der Waals surface area contributed by atoms with Gasteiger partial charge < -0.3 is 18.3 Å². The predicted molar refractivity (Wildman–Crippen MR) is 329 cm³/mol. The fraction of sp³-hybridized carbons (Fsp3) is 0.0400. The van der Waals surface area contributed by atoms with E-state index in [9.17, 15) is 0 Å². The van der Waals surface area contributed by atoms with Crippen molar-refractivity contribution < 1.29 is 8.83 Å². The average Bonchev–Trinajstić information content (AvgIpc) is 4.44. The Labute approximate surface area is 457 Å². The molecule has 0 atom stereocenters. The Balaban J connectivity index is 0.801. The van der Waals surface area contributed by atoms with Crippen LogP contribution < -0.4 is 4.90 Å². The number of fused-ring (bicyclic) bond motifs is 12. The van der Waals surface area contributed by atoms with Crippen molar-refractivity contribution >= 4 is 82.7 Å². The molecule has 0 spiro atoms. The highest BCUT2D eigenvalue weighted by molar-refractivity contribution is 6.16. The minimum absolute atomic E-state index is 0.218. The van der Waals surface area contributed by atoms with Crippen LogP contribution in [0.2, 0.25) is 0 Å². The lowest BCUT2D eigenvalue weighted by Gasteiger charge is -2.28. The number of hydrogen-bond donors (Lipinski definition) is 0. The van der Waals surface area contributed by atoms with Gasteiger partial charge in [0.05, 0.1) is 16.7 Å². The van der Waals surface area contributed by atoms with Gasteiger partial charge in [0.25, 0.3) is 0 Å². The summed E-state index contributed by atoms with van der Waals surface area (Å²) in [5.74, 6) is 0. The monoisotopic (exact) mass is 1010 g/mol. The molecule has 15 aromatic rings. The maximum atomic E-state index is 6.21. The number of rotatable bonds is 8. The molecule has 1 aliphatic rings. The first-order valence-corrected chi connectivity index (χ1v) is 27.2. The van der Waals surface area contributed by atoms with Gasteiger partial charge in [0.2, 0.25) is 0 Å². The molecule has 372 valence electrons. The van der Waals surface area contributed by atoms with Crippen molar-refractivity contribution in [1.82, 2.24) is 4.57 Å². The van der Waals surface area contributed by atoms with Crippen molar-refractivity contribution in [2.24, 2.45) is 0 Å². The molecular weight excluding hydrogens is 961 g/mol. The highest BCUT2D eigenvalue weighted by atomic mass is 16.3. The van der Waals surface area contributed by atoms with Crippen molar-refractivity contribution in [1.29, 1.82) is 0 Å². The maximum absolute atomic E-state index is 6.21. The smallest absolute Gasteiger partial charge is 0.135 e. The van der Waals surface area contributed by atoms with E-state index in [1.54, 1.807) is 0 Å². The van der Waals surface area contributed by atoms with Crippen LogP contribution in [0.4, 0.5) is 17.1 Å². The van der Waals surface area contributed by atoms with E-state index in [2.05, 4.69) is 266 Å². The lowest BCUT2D eigenvalue weighted by molar-refractivity contribution is 0.660. The average molecular weight is 1010 g/mol. The molecule has 0 saturated heterocycles. The normalized spacial score (nSPS) is 12.8. The van der Waals surface area contributed by atoms with E-state index < -0.39 is 0 Å². The summed E-state index contributed by atoms with van der Waals surface area (Å²) in [6.07, 6.45) is 0. The quantitative estimate of drug-likeness (QED) is 0.152. The molecule has 0 saturated carbocycles. The maximum Gasteiger partial charge on any atom is 0.135 e. The predicted octanol–water partition coefficient (Wildman–Crippen LogP) is 21.0. The number of aromatic nitrogens is 1. The van der Waals surface area contributed by atoms with Gasteiger partial charge in [-0.1, -0.05) is 178 Å². The van der Waals surface area contributed by atoms with E-state index >= 15 is 0 Å². The summed E-state index contributed by atoms with van der Waals surface area (Å²) in [5.41, 5.74) is 24.8. The summed E-state index contributed by atoms with van der Waals surface area (Å²) < 4.78 is 14.8. The van der Waals surface area contributed by atoms with Gasteiger partial charge in [-0.3, -0.25) is 0 Å². The molecule has 0 fully saturated rings. The van der Waals surface area contributed by atoms with Gasteiger partial charge in [-0.05, 0) is 164 Å². The van der Waals surface area contributed by atoms with Crippen LogP contribution in [0.1, 0.15) is 25.0 Å². The van der Waals surface area contributed by atoms with Crippen LogP contribution in [0.25, 0.3) is 127 Å². The molecule has 0 bridgehead atoms. The van der Waals surface area contributed by atoms with Crippen LogP contribution in [-0.4, -0.2) is 4.57 Å². The Bertz CT molecular complexity index is 4760. The molecule has 0 radical (unpaired) electrons. The molecule has 3 heterocycles. The van der Waals surface area contributed by atoms with E-state index in [4.69, 9.17) is 8.83 Å². The fourth-order valence-electron chi connectivity index (χ4n) is 13.0. The molecule has 0 amide bonds. The lowest BCUT2D eigenvalue weighted by Crippen LogP contribution is -2.15. The molecule has 79 heavy (non-hydrogen) atoms. The van der Waals surface area contributed by atoms with Gasteiger partial charge in [0.15, 0.2) is 0 Å². The highest BCUT2D eigenvalue weighted by Gasteiger charge is 2.36. The zero-order valence-corrected chi connectivity index (χ0v) is 43.6. The third kappa shape index (κ3) is 7.08. The summed E-state index contributed by atoms with van der Waals surface area (Å²) in [4.78, 5) is 2.41. The summed E-state index contributed by atoms with van der Waals surface area (Å²) in [6, 6.07) is 97.1. The van der Waals surface area contributed by atoms with Crippen LogP contribution in [0.3, 0.4) is 0 Å². The van der Waals surface area contributed by atoms with Crippen LogP contribution in [0.15, 0.2) is 276 Å². The minimum atomic E-state index is -0.218. The van der Waals surface area contributed by atoms with Gasteiger partial charge in [-0.15, -0.1) is 0 Å². The van der Waals surface area contributed by atoms with Crippen LogP contribution in [0.5, 0.6) is 0 Å². The third-order valence-corrected chi connectivity index (χ3v) is 16.8. The molecule has 4 nitrogen and oxygen atoms in total. The Hall–Kier alpha value is -10.2. The van der Waals surface area contributed by atoms with Crippen molar-refractivity contribution in [2.45, 2.75) is 19.3 Å². The van der Waals surface area contributed by atoms with E-state index in [1.807, 2.05) is 24.3 Å². The van der Waals surface area contributed by atoms with Gasteiger partial charge in [-0.2, -0.15) is 0 Å². The molecule has 3 aromatic heterocycles. The Morgan fingerprint density at radius 1 is 0.316 bits per heavy atom. The first kappa shape index (κ1) is 45.1. The second-order valence-corrected chi connectivity index (χ2v) is 21.6. The number of anilines is 3. The molecule has 12 aromatic carbocycles. The Kier molecular flexibility index (Phi) is 9.95. The molecular formula is C75H50N2O2. The van der Waals surface area contributed by atoms with Crippen molar-refractivity contribution in [3.8, 4) is 61.3 Å². The van der Waals surface area contributed by atoms with Crippen LogP contribution in [0, 0.1) is 0 Å². The van der Waals surface area contributed by atoms with Gasteiger partial charge in [-0.25, -0.2) is 0 Å². The number of benzene rings is 12. The second-order valence-electron chi connectivity index (χ2n) is 21.6. The molecule has 4 heteroatoms. The lowest BCUT2D eigenvalue weighted by atomic mass is 9.81. The first-order valence-electron chi connectivity index (χ1n) is 27.2. The van der Waals surface area contributed by atoms with E-state index in [0.717, 1.165) is 94.4 Å². The molecule has 16 rings (SSSR count). The zero-order valence-electron chi connectivity index (χ0n) is 43.6. The third-order valence-electron chi connectivity index (χ3n) is 16.8. The number of nitrogens with zero attached hydrogens (tertiary/aromatic N) is 2. The minimum Gasteiger partial charge on any atom is -0.456 e. The van der Waals surface area contributed by atoms with Gasteiger partial charge >= 0.3 is 0 Å². The van der Waals surface area contributed by atoms with Crippen LogP contribution in [-0.2, 0) is 5.41 Å². The molecule has 0 N–H and O–H groups in total. The molecule has 0 unspecified atom stereocenters. The standard InChI is InChI=1S/C75H50N2O2/c1-75(2)65-40-32-51(45-62(65)58-39-31-52(46-66(58)75)57-21-14-24-69-74(57)61-20-7-11-23-68(61)77(69)53-15-4-3-5-16-53)56-17-6-10-22-67(56)76(54-35-27-47(28-36-54)49-33-41-72-63(43-49)59-18-8-12-25-70(59)78-72)55-37-29-48(30-38-55)50-34-42-73-64(44-50)60-19-9-13-26-71(60)79-73/h3-46H,1-2H3. The van der Waals surface area contributed by atoms with Crippen LogP contribution >= 0.6 is 0 Å². The van der Waals surface area contributed by atoms with E-state index in [1.165, 1.54) is 60.8 Å². The van der Waals surface area contributed by atoms with Crippen molar-refractivity contribution in [3.05, 3.63) is 278 Å². The Morgan fingerprint density at radius 2 is 0.823 bits per heavy atom. The number of para-hydroxylation sites is 5. The zero-order chi connectivity index (χ0) is 52.3. The number of furan rings is 2. The first-order chi connectivity index (χ1) is 38.9. The molecule has 0 aliphatic heterocycles. The largest absolute Gasteiger partial charge is 0.456 e. The van der Waals surface area contributed by atoms with E-state index in [0.29, 0.717) is 0 Å². The summed E-state index contributed by atoms with van der Waals surface area (Å²) in [5, 5.41) is 7.02. The summed E-state index contributed by atoms with van der Waals surface area (Å²) in [7, 11) is 0. The number of hydrogen-bond acceptors (Lipinski definition) is 3. The van der Waals surface area contributed by atoms with Crippen molar-refractivity contribution in [3.63, 3.8) is 0 Å². The van der Waals surface area contributed by atoms with Gasteiger partial charge in [0, 0.05) is 60.4 Å². The van der Waals surface area contributed by atoms with Gasteiger partial charge in [0.1, 0.15) is 22.3 Å². The van der Waals surface area contributed by atoms with Crippen molar-refractivity contribution in [2.75, 3.05) is 4.90 Å². The SMILES string of the molecule is CC1(C)c2ccc(-c3ccccc3N(c3ccc(-c4ccc5oc6ccccc6c5c4)cc3)c3ccc(-c4ccc5oc6ccccc6c5c4)cc3)cc2-c2ccc(-c3cccc4c3c3ccccc3n4-c3ccccc3)cc21. The molecule has 1 aliphatic carbocycles. The summed E-state index contributed by atoms with van der Waals surface area (Å²) in [6.45, 7) is 4.77. The Morgan fingerprint density at radius 3 is 1.49 bits per heavy atom. The fourth-order valence-corrected chi connectivity index (χ4v) is 13.0. The highest BCUT2D eigenvalue weighted by Crippen LogP contribution is 2.53.